The molecule has 33 heavy (non-hydrogen) atoms. The van der Waals surface area contributed by atoms with Gasteiger partial charge in [-0.2, -0.15) is 4.31 Å². The van der Waals surface area contributed by atoms with Crippen LogP contribution in [0.2, 0.25) is 0 Å². The maximum atomic E-state index is 12.6. The summed E-state index contributed by atoms with van der Waals surface area (Å²) in [5.41, 5.74) is 3.61. The molecular formula is C25H35N3O4S. The fourth-order valence-electron chi connectivity index (χ4n) is 3.56. The summed E-state index contributed by atoms with van der Waals surface area (Å²) in [6.07, 6.45) is 3.77. The molecular weight excluding hydrogens is 438 g/mol. The fourth-order valence-corrected chi connectivity index (χ4v) is 4.98. The first-order valence-electron chi connectivity index (χ1n) is 11.4. The van der Waals surface area contributed by atoms with Gasteiger partial charge in [-0.1, -0.05) is 56.7 Å². The standard InChI is InChI=1S/C15H22N2O3S.C10H13NO/c1-3-4-14-5-7-15(8-6-14)21(19,20)17-11-9-16(10-12-17)13(2)18;1-2-9-3-5-10(6-4-9)7-11-8-12/h5-8H,3-4,9-12H2,1-2H3;3-6,8H,2,7H2,1H3,(H,11,12). The average molecular weight is 474 g/mol. The molecule has 1 aliphatic heterocycles. The van der Waals surface area contributed by atoms with E-state index in [4.69, 9.17) is 0 Å². The van der Waals surface area contributed by atoms with Crippen LogP contribution in [0.5, 0.6) is 0 Å². The molecule has 0 radical (unpaired) electrons. The summed E-state index contributed by atoms with van der Waals surface area (Å²) in [7, 11) is -3.45. The van der Waals surface area contributed by atoms with Gasteiger partial charge in [0.1, 0.15) is 0 Å². The van der Waals surface area contributed by atoms with E-state index >= 15 is 0 Å². The Morgan fingerprint density at radius 3 is 1.94 bits per heavy atom. The SMILES string of the molecule is CCCc1ccc(S(=O)(=O)N2CCN(C(C)=O)CC2)cc1.CCc1ccc(CNC=O)cc1. The zero-order valence-electron chi connectivity index (χ0n) is 19.8. The van der Waals surface area contributed by atoms with Gasteiger partial charge in [-0.15, -0.1) is 0 Å². The smallest absolute Gasteiger partial charge is 0.243 e. The summed E-state index contributed by atoms with van der Waals surface area (Å²) in [4.78, 5) is 23.3. The van der Waals surface area contributed by atoms with E-state index in [1.807, 2.05) is 24.3 Å². The van der Waals surface area contributed by atoms with Gasteiger partial charge in [-0.25, -0.2) is 8.42 Å². The third-order valence-corrected chi connectivity index (χ3v) is 7.52. The van der Waals surface area contributed by atoms with Crippen molar-refractivity contribution in [3.63, 3.8) is 0 Å². The number of nitrogens with one attached hydrogen (secondary N) is 1. The molecule has 2 amide bonds. The molecule has 180 valence electrons. The number of hydrogen-bond acceptors (Lipinski definition) is 4. The maximum absolute atomic E-state index is 12.6. The van der Waals surface area contributed by atoms with Crippen LogP contribution in [0.3, 0.4) is 0 Å². The van der Waals surface area contributed by atoms with Gasteiger partial charge in [0.25, 0.3) is 0 Å². The second-order valence-corrected chi connectivity index (χ2v) is 9.91. The van der Waals surface area contributed by atoms with E-state index in [2.05, 4.69) is 31.3 Å². The minimum absolute atomic E-state index is 0.00373. The Bertz CT molecular complexity index is 981. The van der Waals surface area contributed by atoms with Crippen molar-refractivity contribution in [2.24, 2.45) is 0 Å². The molecule has 1 heterocycles. The van der Waals surface area contributed by atoms with Crippen molar-refractivity contribution in [3.8, 4) is 0 Å². The van der Waals surface area contributed by atoms with Crippen LogP contribution in [0, 0.1) is 0 Å². The van der Waals surface area contributed by atoms with Crippen molar-refractivity contribution in [2.45, 2.75) is 51.5 Å². The number of piperazine rings is 1. The molecule has 0 bridgehead atoms. The third kappa shape index (κ3) is 7.98. The molecule has 0 saturated carbocycles. The van der Waals surface area contributed by atoms with Crippen LogP contribution in [0.25, 0.3) is 0 Å². The predicted octanol–water partition coefficient (Wildman–Crippen LogP) is 2.99. The fraction of sp³-hybridized carbons (Fsp3) is 0.440. The molecule has 0 spiro atoms. The van der Waals surface area contributed by atoms with Gasteiger partial charge < -0.3 is 10.2 Å². The van der Waals surface area contributed by atoms with E-state index in [0.29, 0.717) is 44.0 Å². The van der Waals surface area contributed by atoms with Crippen LogP contribution in [0.15, 0.2) is 53.4 Å². The first kappa shape index (κ1) is 26.5. The van der Waals surface area contributed by atoms with Crippen molar-refractivity contribution in [1.82, 2.24) is 14.5 Å². The highest BCUT2D eigenvalue weighted by molar-refractivity contribution is 7.89. The Morgan fingerprint density at radius 2 is 1.45 bits per heavy atom. The number of nitrogens with zero attached hydrogens (tertiary/aromatic N) is 2. The Balaban J connectivity index is 0.000000273. The van der Waals surface area contributed by atoms with E-state index in [0.717, 1.165) is 30.4 Å². The highest BCUT2D eigenvalue weighted by atomic mass is 32.2. The van der Waals surface area contributed by atoms with Crippen LogP contribution in [-0.4, -0.2) is 56.1 Å². The minimum Gasteiger partial charge on any atom is -0.355 e. The lowest BCUT2D eigenvalue weighted by Crippen LogP contribution is -2.49. The molecule has 8 heteroatoms. The largest absolute Gasteiger partial charge is 0.355 e. The molecule has 0 unspecified atom stereocenters. The van der Waals surface area contributed by atoms with Crippen LogP contribution < -0.4 is 5.32 Å². The zero-order chi connectivity index (χ0) is 24.3. The first-order valence-corrected chi connectivity index (χ1v) is 12.8. The maximum Gasteiger partial charge on any atom is 0.243 e. The Hall–Kier alpha value is -2.71. The van der Waals surface area contributed by atoms with Crippen LogP contribution in [0.4, 0.5) is 0 Å². The van der Waals surface area contributed by atoms with Gasteiger partial charge in [0.05, 0.1) is 4.90 Å². The summed E-state index contributed by atoms with van der Waals surface area (Å²) in [5.74, 6) is -0.00373. The lowest BCUT2D eigenvalue weighted by molar-refractivity contribution is -0.130. The van der Waals surface area contributed by atoms with Gasteiger partial charge in [0.15, 0.2) is 0 Å². The summed E-state index contributed by atoms with van der Waals surface area (Å²) >= 11 is 0. The molecule has 0 atom stereocenters. The lowest BCUT2D eigenvalue weighted by Gasteiger charge is -2.33. The summed E-state index contributed by atoms with van der Waals surface area (Å²) in [5, 5.41) is 2.62. The minimum atomic E-state index is -3.45. The number of rotatable bonds is 8. The van der Waals surface area contributed by atoms with Crippen molar-refractivity contribution >= 4 is 22.3 Å². The monoisotopic (exact) mass is 473 g/mol. The predicted molar refractivity (Wildman–Crippen MR) is 130 cm³/mol. The number of carbonyl (C=O) groups excluding carboxylic acids is 2. The Labute approximate surface area is 197 Å². The normalized spacial score (nSPS) is 14.2. The summed E-state index contributed by atoms with van der Waals surface area (Å²) < 4.78 is 26.6. The lowest BCUT2D eigenvalue weighted by atomic mass is 10.1. The Morgan fingerprint density at radius 1 is 0.909 bits per heavy atom. The topological polar surface area (TPSA) is 86.8 Å². The molecule has 3 rings (SSSR count). The average Bonchev–Trinajstić information content (AvgIpc) is 2.84. The molecule has 1 N–H and O–H groups in total. The number of carbonyl (C=O) groups is 2. The molecule has 1 aliphatic rings. The van der Waals surface area contributed by atoms with E-state index in [1.165, 1.54) is 16.8 Å². The zero-order valence-corrected chi connectivity index (χ0v) is 20.6. The number of aryl methyl sites for hydroxylation is 2. The molecule has 0 aromatic heterocycles. The highest BCUT2D eigenvalue weighted by Gasteiger charge is 2.29. The molecule has 7 nitrogen and oxygen atoms in total. The van der Waals surface area contributed by atoms with Crippen molar-refractivity contribution in [3.05, 3.63) is 65.2 Å². The second-order valence-electron chi connectivity index (χ2n) is 7.97. The van der Waals surface area contributed by atoms with Crippen molar-refractivity contribution in [2.75, 3.05) is 26.2 Å². The van der Waals surface area contributed by atoms with Gasteiger partial charge >= 0.3 is 0 Å². The molecule has 1 saturated heterocycles. The van der Waals surface area contributed by atoms with Crippen LogP contribution in [-0.2, 0) is 39.0 Å². The van der Waals surface area contributed by atoms with E-state index in [9.17, 15) is 18.0 Å². The molecule has 0 aliphatic carbocycles. The quantitative estimate of drug-likeness (QED) is 0.597. The van der Waals surface area contributed by atoms with Crippen molar-refractivity contribution < 1.29 is 18.0 Å². The highest BCUT2D eigenvalue weighted by Crippen LogP contribution is 2.19. The number of amides is 2. The van der Waals surface area contributed by atoms with Gasteiger partial charge in [-0.3, -0.25) is 9.59 Å². The van der Waals surface area contributed by atoms with Gasteiger partial charge in [0.2, 0.25) is 22.3 Å². The number of hydrogen-bond donors (Lipinski definition) is 1. The molecule has 2 aromatic rings. The van der Waals surface area contributed by atoms with E-state index in [-0.39, 0.29) is 5.91 Å². The Kier molecular flexibility index (Phi) is 10.5. The van der Waals surface area contributed by atoms with Gasteiger partial charge in [0, 0.05) is 39.6 Å². The van der Waals surface area contributed by atoms with Gasteiger partial charge in [-0.05, 0) is 41.7 Å². The molecule has 2 aromatic carbocycles. The van der Waals surface area contributed by atoms with E-state index < -0.39 is 10.0 Å². The first-order chi connectivity index (χ1) is 15.8. The second kappa shape index (κ2) is 13.1. The van der Waals surface area contributed by atoms with Crippen LogP contribution in [0.1, 0.15) is 43.9 Å². The summed E-state index contributed by atoms with van der Waals surface area (Å²) in [6.45, 7) is 7.99. The van der Waals surface area contributed by atoms with E-state index in [1.54, 1.807) is 17.0 Å². The molecule has 1 fully saturated rings. The number of sulfonamides is 1. The van der Waals surface area contributed by atoms with Crippen molar-refractivity contribution in [1.29, 1.82) is 0 Å². The third-order valence-electron chi connectivity index (χ3n) is 5.60. The number of benzene rings is 2. The van der Waals surface area contributed by atoms with Crippen LogP contribution >= 0.6 is 0 Å². The summed E-state index contributed by atoms with van der Waals surface area (Å²) in [6, 6.07) is 15.4.